The normalized spacial score (nSPS) is 24.4. The van der Waals surface area contributed by atoms with Gasteiger partial charge < -0.3 is 15.4 Å². The minimum Gasteiger partial charge on any atom is -0.482 e. The number of carbonyl (C=O) groups is 1. The number of rotatable bonds is 2. The molecule has 0 bridgehead atoms. The summed E-state index contributed by atoms with van der Waals surface area (Å²) < 4.78 is 6.89. The number of aryl methyl sites for hydroxylation is 2. The Morgan fingerprint density at radius 2 is 2.07 bits per heavy atom. The van der Waals surface area contributed by atoms with Gasteiger partial charge in [0.05, 0.1) is 13.2 Å². The molecule has 28 heavy (non-hydrogen) atoms. The molecule has 0 radical (unpaired) electrons. The van der Waals surface area contributed by atoms with E-state index in [0.29, 0.717) is 5.88 Å². The van der Waals surface area contributed by atoms with Crippen molar-refractivity contribution in [2.75, 3.05) is 7.11 Å². The summed E-state index contributed by atoms with van der Waals surface area (Å²) in [6.07, 6.45) is 12.3. The molecule has 2 heterocycles. The summed E-state index contributed by atoms with van der Waals surface area (Å²) in [6, 6.07) is 6.75. The zero-order chi connectivity index (χ0) is 19.1. The molecule has 1 aromatic carbocycles. The zero-order valence-corrected chi connectivity index (χ0v) is 16.8. The fraction of sp³-hybridized carbons (Fsp3) is 0.348. The van der Waals surface area contributed by atoms with Gasteiger partial charge in [-0.25, -0.2) is 0 Å². The fourth-order valence-electron chi connectivity index (χ4n) is 4.37. The summed E-state index contributed by atoms with van der Waals surface area (Å²) in [5.41, 5.74) is 3.54. The fourth-order valence-corrected chi connectivity index (χ4v) is 5.65. The number of nitrogens with one attached hydrogen (secondary N) is 2. The van der Waals surface area contributed by atoms with E-state index in [1.165, 1.54) is 41.3 Å². The number of carbonyl (C=O) groups excluding carboxylic acids is 1. The van der Waals surface area contributed by atoms with Crippen LogP contribution in [-0.4, -0.2) is 12.9 Å². The Morgan fingerprint density at radius 3 is 2.93 bits per heavy atom. The smallest absolute Gasteiger partial charge is 0.190 e. The van der Waals surface area contributed by atoms with Crippen LogP contribution < -0.4 is 10.6 Å². The van der Waals surface area contributed by atoms with E-state index in [4.69, 9.17) is 4.74 Å². The Labute approximate surface area is 169 Å². The van der Waals surface area contributed by atoms with E-state index < -0.39 is 0 Å². The predicted molar refractivity (Wildman–Crippen MR) is 113 cm³/mol. The standard InChI is InChI=1S/C23H24N2O2S/c1-27-22-13-18(24-23(25-22)16-7-2-4-8-19(16)26)14-10-11-21-17(12-14)15-6-3-5-9-20(15)28-21/h4,8,10-13,18,24-25H,2-3,5-7,9H2,1H3. The first-order chi connectivity index (χ1) is 13.7. The van der Waals surface area contributed by atoms with Crippen LogP contribution >= 0.6 is 11.3 Å². The number of allylic oxidation sites excluding steroid dienone is 3. The summed E-state index contributed by atoms with van der Waals surface area (Å²) in [5.74, 6) is 1.52. The minimum atomic E-state index is -0.0269. The topological polar surface area (TPSA) is 50.4 Å². The van der Waals surface area contributed by atoms with Crippen molar-refractivity contribution in [1.29, 1.82) is 0 Å². The quantitative estimate of drug-likeness (QED) is 0.732. The molecule has 144 valence electrons. The van der Waals surface area contributed by atoms with Crippen LogP contribution in [0, 0.1) is 0 Å². The van der Waals surface area contributed by atoms with Crippen molar-refractivity contribution in [2.45, 2.75) is 44.6 Å². The second-order valence-electron chi connectivity index (χ2n) is 7.61. The van der Waals surface area contributed by atoms with Crippen LogP contribution in [0.1, 0.15) is 47.7 Å². The third-order valence-corrected chi connectivity index (χ3v) is 7.13. The summed E-state index contributed by atoms with van der Waals surface area (Å²) >= 11 is 1.95. The number of benzene rings is 1. The van der Waals surface area contributed by atoms with Gasteiger partial charge in [0.15, 0.2) is 11.7 Å². The van der Waals surface area contributed by atoms with E-state index >= 15 is 0 Å². The highest BCUT2D eigenvalue weighted by Crippen LogP contribution is 2.38. The molecule has 1 aliphatic heterocycles. The molecule has 2 N–H and O–H groups in total. The highest BCUT2D eigenvalue weighted by atomic mass is 32.1. The highest BCUT2D eigenvalue weighted by molar-refractivity contribution is 7.19. The monoisotopic (exact) mass is 392 g/mol. The van der Waals surface area contributed by atoms with Gasteiger partial charge in [0.25, 0.3) is 0 Å². The maximum absolute atomic E-state index is 12.3. The molecular weight excluding hydrogens is 368 g/mol. The van der Waals surface area contributed by atoms with Crippen molar-refractivity contribution >= 4 is 27.2 Å². The SMILES string of the molecule is COC1=CC(c2ccc3sc4c(c3c2)CCCC4)NC(=C2CCC=CC2=O)N1. The van der Waals surface area contributed by atoms with Gasteiger partial charge in [0, 0.05) is 21.2 Å². The number of thiophene rings is 1. The molecule has 0 saturated carbocycles. The average Bonchev–Trinajstić information content (AvgIpc) is 3.11. The summed E-state index contributed by atoms with van der Waals surface area (Å²) in [7, 11) is 1.66. The van der Waals surface area contributed by atoms with E-state index in [1.807, 2.05) is 23.5 Å². The first-order valence-corrected chi connectivity index (χ1v) is 10.8. The van der Waals surface area contributed by atoms with Gasteiger partial charge in [-0.15, -0.1) is 11.3 Å². The Morgan fingerprint density at radius 1 is 1.18 bits per heavy atom. The van der Waals surface area contributed by atoms with Crippen LogP contribution in [0.4, 0.5) is 0 Å². The van der Waals surface area contributed by atoms with E-state index in [0.717, 1.165) is 24.2 Å². The molecule has 0 spiro atoms. The van der Waals surface area contributed by atoms with E-state index in [-0.39, 0.29) is 11.8 Å². The summed E-state index contributed by atoms with van der Waals surface area (Å²) in [6.45, 7) is 0. The van der Waals surface area contributed by atoms with Gasteiger partial charge in [-0.3, -0.25) is 4.79 Å². The lowest BCUT2D eigenvalue weighted by Crippen LogP contribution is -2.37. The highest BCUT2D eigenvalue weighted by Gasteiger charge is 2.25. The molecule has 0 fully saturated rings. The molecule has 1 unspecified atom stereocenters. The average molecular weight is 393 g/mol. The van der Waals surface area contributed by atoms with Gasteiger partial charge in [0.2, 0.25) is 0 Å². The lowest BCUT2D eigenvalue weighted by molar-refractivity contribution is -0.111. The van der Waals surface area contributed by atoms with Crippen LogP contribution in [-0.2, 0) is 22.4 Å². The van der Waals surface area contributed by atoms with Crippen LogP contribution in [0.25, 0.3) is 10.1 Å². The third kappa shape index (κ3) is 3.04. The number of ketones is 1. The maximum atomic E-state index is 12.3. The molecule has 0 saturated heterocycles. The van der Waals surface area contributed by atoms with Gasteiger partial charge in [-0.2, -0.15) is 0 Å². The van der Waals surface area contributed by atoms with Crippen molar-refractivity contribution < 1.29 is 9.53 Å². The Hall–Kier alpha value is -2.53. The molecule has 5 heteroatoms. The summed E-state index contributed by atoms with van der Waals surface area (Å²) in [4.78, 5) is 13.9. The second-order valence-corrected chi connectivity index (χ2v) is 8.74. The van der Waals surface area contributed by atoms with Gasteiger partial charge in [0.1, 0.15) is 5.82 Å². The minimum absolute atomic E-state index is 0.0269. The Kier molecular flexibility index (Phi) is 4.47. The van der Waals surface area contributed by atoms with E-state index in [2.05, 4.69) is 28.8 Å². The van der Waals surface area contributed by atoms with Crippen LogP contribution in [0.15, 0.2) is 53.7 Å². The first-order valence-electron chi connectivity index (χ1n) is 10.0. The number of hydrogen-bond acceptors (Lipinski definition) is 5. The van der Waals surface area contributed by atoms with E-state index in [1.54, 1.807) is 23.6 Å². The molecule has 1 aromatic heterocycles. The zero-order valence-electron chi connectivity index (χ0n) is 16.0. The van der Waals surface area contributed by atoms with Crippen LogP contribution in [0.2, 0.25) is 0 Å². The Bertz CT molecular complexity index is 1040. The predicted octanol–water partition coefficient (Wildman–Crippen LogP) is 4.63. The number of methoxy groups -OCH3 is 1. The van der Waals surface area contributed by atoms with Crippen molar-refractivity contribution in [2.24, 2.45) is 0 Å². The lowest BCUT2D eigenvalue weighted by Gasteiger charge is -2.29. The maximum Gasteiger partial charge on any atom is 0.190 e. The van der Waals surface area contributed by atoms with Crippen molar-refractivity contribution in [1.82, 2.24) is 10.6 Å². The van der Waals surface area contributed by atoms with Crippen molar-refractivity contribution in [3.05, 3.63) is 69.7 Å². The molecule has 0 amide bonds. The van der Waals surface area contributed by atoms with Crippen LogP contribution in [0.3, 0.4) is 0 Å². The first kappa shape index (κ1) is 17.6. The van der Waals surface area contributed by atoms with Crippen molar-refractivity contribution in [3.63, 3.8) is 0 Å². The second kappa shape index (κ2) is 7.13. The molecule has 5 rings (SSSR count). The molecule has 1 atom stereocenters. The summed E-state index contributed by atoms with van der Waals surface area (Å²) in [5, 5.41) is 8.17. The van der Waals surface area contributed by atoms with E-state index in [9.17, 15) is 4.79 Å². The molecule has 3 aliphatic rings. The number of hydrogen-bond donors (Lipinski definition) is 2. The number of fused-ring (bicyclic) bond motifs is 3. The Balaban J connectivity index is 1.55. The third-order valence-electron chi connectivity index (χ3n) is 5.85. The molecular formula is C23H24N2O2S. The van der Waals surface area contributed by atoms with Crippen molar-refractivity contribution in [3.8, 4) is 0 Å². The van der Waals surface area contributed by atoms with Crippen LogP contribution in [0.5, 0.6) is 0 Å². The largest absolute Gasteiger partial charge is 0.482 e. The van der Waals surface area contributed by atoms with Gasteiger partial charge in [-0.1, -0.05) is 12.1 Å². The molecule has 2 aliphatic carbocycles. The molecule has 4 nitrogen and oxygen atoms in total. The molecule has 2 aromatic rings. The van der Waals surface area contributed by atoms with Gasteiger partial charge >= 0.3 is 0 Å². The lowest BCUT2D eigenvalue weighted by atomic mass is 9.94. The number of ether oxygens (including phenoxy) is 1. The van der Waals surface area contributed by atoms with Gasteiger partial charge in [-0.05, 0) is 73.2 Å².